The minimum Gasteiger partial charge on any atom is -0.480 e. The van der Waals surface area contributed by atoms with E-state index in [2.05, 4.69) is 0 Å². The standard InChI is InChI=1S/C18H12O3S/c19-18(20)15-10-13-16(11-6-2-1-3-7-11)21-14-9-5-4-8-12(14)17(13)22-15/h1-10,16H,(H,19,20). The van der Waals surface area contributed by atoms with Crippen LogP contribution in [-0.2, 0) is 0 Å². The first-order valence-corrected chi connectivity index (χ1v) is 7.74. The number of benzene rings is 2. The van der Waals surface area contributed by atoms with E-state index in [9.17, 15) is 9.90 Å². The van der Waals surface area contributed by atoms with E-state index in [0.717, 1.165) is 27.3 Å². The van der Waals surface area contributed by atoms with E-state index >= 15 is 0 Å². The maximum Gasteiger partial charge on any atom is 0.345 e. The van der Waals surface area contributed by atoms with Gasteiger partial charge in [0.15, 0.2) is 6.10 Å². The summed E-state index contributed by atoms with van der Waals surface area (Å²) in [5.41, 5.74) is 2.91. The van der Waals surface area contributed by atoms with Crippen LogP contribution in [0.2, 0.25) is 0 Å². The number of hydrogen-bond donors (Lipinski definition) is 1. The topological polar surface area (TPSA) is 46.5 Å². The summed E-state index contributed by atoms with van der Waals surface area (Å²) in [6, 6.07) is 19.4. The van der Waals surface area contributed by atoms with Crippen LogP contribution in [0.25, 0.3) is 10.4 Å². The SMILES string of the molecule is O=C(O)c1cc2c(s1)-c1ccccc1OC2c1ccccc1. The van der Waals surface area contributed by atoms with Crippen LogP contribution in [0, 0.1) is 0 Å². The third kappa shape index (κ3) is 2.00. The molecule has 0 saturated carbocycles. The largest absolute Gasteiger partial charge is 0.480 e. The summed E-state index contributed by atoms with van der Waals surface area (Å²) >= 11 is 1.30. The summed E-state index contributed by atoms with van der Waals surface area (Å²) in [6.07, 6.45) is -0.268. The Morgan fingerprint density at radius 2 is 1.77 bits per heavy atom. The number of fused-ring (bicyclic) bond motifs is 3. The van der Waals surface area contributed by atoms with Crippen molar-refractivity contribution >= 4 is 17.3 Å². The van der Waals surface area contributed by atoms with Gasteiger partial charge >= 0.3 is 5.97 Å². The van der Waals surface area contributed by atoms with Crippen LogP contribution in [0.3, 0.4) is 0 Å². The van der Waals surface area contributed by atoms with Gasteiger partial charge in [-0.25, -0.2) is 4.79 Å². The van der Waals surface area contributed by atoms with E-state index in [1.54, 1.807) is 6.07 Å². The fourth-order valence-corrected chi connectivity index (χ4v) is 3.79. The van der Waals surface area contributed by atoms with E-state index in [0.29, 0.717) is 4.88 Å². The molecule has 1 aliphatic heterocycles. The molecule has 3 aromatic rings. The Bertz CT molecular complexity index is 852. The molecule has 2 aromatic carbocycles. The Morgan fingerprint density at radius 3 is 2.55 bits per heavy atom. The first kappa shape index (κ1) is 13.1. The van der Waals surface area contributed by atoms with Crippen LogP contribution in [0.5, 0.6) is 5.75 Å². The van der Waals surface area contributed by atoms with E-state index in [1.807, 2.05) is 54.6 Å². The lowest BCUT2D eigenvalue weighted by molar-refractivity contribution is 0.0702. The Hall–Kier alpha value is -2.59. The Labute approximate surface area is 131 Å². The average molecular weight is 308 g/mol. The van der Waals surface area contributed by atoms with Crippen molar-refractivity contribution in [1.82, 2.24) is 0 Å². The van der Waals surface area contributed by atoms with Crippen molar-refractivity contribution in [3.63, 3.8) is 0 Å². The molecule has 0 bridgehead atoms. The number of thiophene rings is 1. The number of rotatable bonds is 2. The molecule has 2 heterocycles. The van der Waals surface area contributed by atoms with Crippen molar-refractivity contribution in [3.05, 3.63) is 76.7 Å². The highest BCUT2D eigenvalue weighted by Gasteiger charge is 2.30. The summed E-state index contributed by atoms with van der Waals surface area (Å²) in [7, 11) is 0. The maximum atomic E-state index is 11.3. The first-order chi connectivity index (χ1) is 10.7. The molecule has 0 radical (unpaired) electrons. The Kier molecular flexibility index (Phi) is 2.98. The van der Waals surface area contributed by atoms with Gasteiger partial charge in [0.05, 0.1) is 0 Å². The average Bonchev–Trinajstić information content (AvgIpc) is 3.01. The van der Waals surface area contributed by atoms with E-state index in [1.165, 1.54) is 11.3 Å². The van der Waals surface area contributed by atoms with Crippen molar-refractivity contribution in [2.75, 3.05) is 0 Å². The third-order valence-electron chi connectivity index (χ3n) is 3.73. The van der Waals surface area contributed by atoms with Crippen molar-refractivity contribution in [3.8, 4) is 16.2 Å². The number of aromatic carboxylic acids is 1. The molecule has 108 valence electrons. The molecule has 0 spiro atoms. The molecule has 1 atom stereocenters. The van der Waals surface area contributed by atoms with E-state index in [4.69, 9.17) is 4.74 Å². The smallest absolute Gasteiger partial charge is 0.345 e. The molecule has 4 rings (SSSR count). The van der Waals surface area contributed by atoms with Gasteiger partial charge in [-0.15, -0.1) is 11.3 Å². The van der Waals surface area contributed by atoms with Gasteiger partial charge in [-0.3, -0.25) is 0 Å². The van der Waals surface area contributed by atoms with Crippen LogP contribution >= 0.6 is 11.3 Å². The second-order valence-electron chi connectivity index (χ2n) is 5.11. The number of carboxylic acids is 1. The summed E-state index contributed by atoms with van der Waals surface area (Å²) in [4.78, 5) is 12.7. The zero-order valence-corrected chi connectivity index (χ0v) is 12.3. The zero-order valence-electron chi connectivity index (χ0n) is 11.5. The van der Waals surface area contributed by atoms with Gasteiger partial charge in [0.2, 0.25) is 0 Å². The lowest BCUT2D eigenvalue weighted by atomic mass is 9.96. The van der Waals surface area contributed by atoms with Crippen LogP contribution in [0.15, 0.2) is 60.7 Å². The molecular weight excluding hydrogens is 296 g/mol. The summed E-state index contributed by atoms with van der Waals surface area (Å²) in [5, 5.41) is 9.31. The highest BCUT2D eigenvalue weighted by atomic mass is 32.1. The summed E-state index contributed by atoms with van der Waals surface area (Å²) < 4.78 is 6.15. The molecule has 0 aliphatic carbocycles. The van der Waals surface area contributed by atoms with Gasteiger partial charge in [0.1, 0.15) is 10.6 Å². The summed E-state index contributed by atoms with van der Waals surface area (Å²) in [5.74, 6) is -0.105. The molecule has 4 heteroatoms. The van der Waals surface area contributed by atoms with Crippen LogP contribution in [0.4, 0.5) is 0 Å². The van der Waals surface area contributed by atoms with Gasteiger partial charge in [-0.05, 0) is 23.8 Å². The molecule has 0 fully saturated rings. The monoisotopic (exact) mass is 308 g/mol. The molecule has 1 aromatic heterocycles. The number of hydrogen-bond acceptors (Lipinski definition) is 3. The van der Waals surface area contributed by atoms with Crippen LogP contribution < -0.4 is 4.74 Å². The van der Waals surface area contributed by atoms with Crippen LogP contribution in [-0.4, -0.2) is 11.1 Å². The molecule has 1 N–H and O–H groups in total. The number of ether oxygens (including phenoxy) is 1. The van der Waals surface area contributed by atoms with Crippen LogP contribution in [0.1, 0.15) is 26.9 Å². The summed E-state index contributed by atoms with van der Waals surface area (Å²) in [6.45, 7) is 0. The minimum atomic E-state index is -0.899. The number of carboxylic acid groups (broad SMARTS) is 1. The number of carbonyl (C=O) groups is 1. The van der Waals surface area contributed by atoms with Gasteiger partial charge in [0, 0.05) is 16.0 Å². The quantitative estimate of drug-likeness (QED) is 0.753. The highest BCUT2D eigenvalue weighted by molar-refractivity contribution is 7.17. The molecule has 22 heavy (non-hydrogen) atoms. The van der Waals surface area contributed by atoms with Gasteiger partial charge in [-0.2, -0.15) is 0 Å². The molecule has 1 unspecified atom stereocenters. The predicted octanol–water partition coefficient (Wildman–Crippen LogP) is 4.60. The molecule has 0 amide bonds. The van der Waals surface area contributed by atoms with Gasteiger partial charge < -0.3 is 9.84 Å². The molecule has 1 aliphatic rings. The molecule has 0 saturated heterocycles. The number of para-hydroxylation sites is 1. The van der Waals surface area contributed by atoms with Crippen molar-refractivity contribution in [2.24, 2.45) is 0 Å². The zero-order chi connectivity index (χ0) is 15.1. The van der Waals surface area contributed by atoms with Gasteiger partial charge in [0.25, 0.3) is 0 Å². The van der Waals surface area contributed by atoms with Crippen molar-refractivity contribution in [2.45, 2.75) is 6.10 Å². The second kappa shape index (κ2) is 5.00. The second-order valence-corrected chi connectivity index (χ2v) is 6.16. The predicted molar refractivity (Wildman–Crippen MR) is 85.6 cm³/mol. The lowest BCUT2D eigenvalue weighted by Gasteiger charge is -2.26. The fourth-order valence-electron chi connectivity index (χ4n) is 2.74. The third-order valence-corrected chi connectivity index (χ3v) is 4.91. The first-order valence-electron chi connectivity index (χ1n) is 6.92. The Balaban J connectivity index is 1.93. The lowest BCUT2D eigenvalue weighted by Crippen LogP contribution is -2.13. The van der Waals surface area contributed by atoms with E-state index < -0.39 is 5.97 Å². The van der Waals surface area contributed by atoms with E-state index in [-0.39, 0.29) is 6.10 Å². The molecular formula is C18H12O3S. The van der Waals surface area contributed by atoms with Crippen molar-refractivity contribution < 1.29 is 14.6 Å². The maximum absolute atomic E-state index is 11.3. The van der Waals surface area contributed by atoms with Crippen molar-refractivity contribution in [1.29, 1.82) is 0 Å². The fraction of sp³-hybridized carbons (Fsp3) is 0.0556. The highest BCUT2D eigenvalue weighted by Crippen LogP contribution is 2.48. The minimum absolute atomic E-state index is 0.268. The Morgan fingerprint density at radius 1 is 1.05 bits per heavy atom. The van der Waals surface area contributed by atoms with Gasteiger partial charge in [-0.1, -0.05) is 42.5 Å². The molecule has 3 nitrogen and oxygen atoms in total. The normalized spacial score (nSPS) is 15.5.